The van der Waals surface area contributed by atoms with Crippen molar-refractivity contribution in [2.75, 3.05) is 0 Å². The van der Waals surface area contributed by atoms with E-state index >= 15 is 0 Å². The monoisotopic (exact) mass is 303 g/mol. The van der Waals surface area contributed by atoms with Crippen molar-refractivity contribution in [1.82, 2.24) is 15.6 Å². The minimum atomic E-state index is -0.177. The highest BCUT2D eigenvalue weighted by atomic mass is 32.1. The molecule has 2 aromatic rings. The molecular weight excluding hydrogens is 282 g/mol. The van der Waals surface area contributed by atoms with E-state index in [9.17, 15) is 4.79 Å². The second-order valence-electron chi connectivity index (χ2n) is 5.18. The number of hydrogen-bond acceptors (Lipinski definition) is 3. The fourth-order valence-electron chi connectivity index (χ4n) is 2.30. The van der Waals surface area contributed by atoms with Crippen LogP contribution < -0.4 is 10.6 Å². The van der Waals surface area contributed by atoms with Gasteiger partial charge in [-0.2, -0.15) is 0 Å². The Hall–Kier alpha value is -1.88. The summed E-state index contributed by atoms with van der Waals surface area (Å²) in [6.45, 7) is 8.09. The van der Waals surface area contributed by atoms with Crippen LogP contribution in [-0.4, -0.2) is 11.0 Å². The summed E-state index contributed by atoms with van der Waals surface area (Å²) in [5.74, 6) is 0. The van der Waals surface area contributed by atoms with Gasteiger partial charge in [-0.25, -0.2) is 4.79 Å². The number of amides is 2. The third-order valence-electron chi connectivity index (χ3n) is 3.37. The fraction of sp³-hybridized carbons (Fsp3) is 0.375. The third kappa shape index (κ3) is 4.04. The van der Waals surface area contributed by atoms with E-state index in [2.05, 4.69) is 35.5 Å². The molecule has 2 aromatic heterocycles. The van der Waals surface area contributed by atoms with Gasteiger partial charge in [0.1, 0.15) is 0 Å². The number of nitrogens with zero attached hydrogens (tertiary/aromatic N) is 1. The van der Waals surface area contributed by atoms with E-state index in [1.165, 1.54) is 15.3 Å². The van der Waals surface area contributed by atoms with Gasteiger partial charge in [0.05, 0.1) is 17.8 Å². The van der Waals surface area contributed by atoms with Gasteiger partial charge in [0.2, 0.25) is 0 Å². The lowest BCUT2D eigenvalue weighted by molar-refractivity contribution is 0.234. The van der Waals surface area contributed by atoms with Gasteiger partial charge < -0.3 is 10.6 Å². The molecule has 0 bridgehead atoms. The van der Waals surface area contributed by atoms with Gasteiger partial charge >= 0.3 is 6.03 Å². The third-order valence-corrected chi connectivity index (χ3v) is 4.35. The minimum absolute atomic E-state index is 0.00844. The van der Waals surface area contributed by atoms with Gasteiger partial charge in [-0.1, -0.05) is 6.07 Å². The van der Waals surface area contributed by atoms with Crippen LogP contribution in [0.25, 0.3) is 0 Å². The highest BCUT2D eigenvalue weighted by Crippen LogP contribution is 2.26. The number of nitrogens with one attached hydrogen (secondary N) is 2. The zero-order valence-electron chi connectivity index (χ0n) is 12.8. The predicted octanol–water partition coefficient (Wildman–Crippen LogP) is 3.88. The lowest BCUT2D eigenvalue weighted by Gasteiger charge is -2.18. The van der Waals surface area contributed by atoms with Crippen LogP contribution >= 0.6 is 11.3 Å². The molecule has 2 heterocycles. The summed E-state index contributed by atoms with van der Waals surface area (Å²) in [5.41, 5.74) is 2.03. The Balaban J connectivity index is 1.94. The molecule has 0 radical (unpaired) electrons. The molecule has 0 aliphatic carbocycles. The molecule has 2 N–H and O–H groups in total. The molecule has 4 nitrogen and oxygen atoms in total. The first-order chi connectivity index (χ1) is 9.97. The Morgan fingerprint density at radius 1 is 1.19 bits per heavy atom. The van der Waals surface area contributed by atoms with Crippen molar-refractivity contribution in [3.05, 3.63) is 51.5 Å². The van der Waals surface area contributed by atoms with Gasteiger partial charge in [-0.15, -0.1) is 11.3 Å². The van der Waals surface area contributed by atoms with Gasteiger partial charge in [0.15, 0.2) is 0 Å². The number of carbonyl (C=O) groups excluding carboxylic acids is 1. The second-order valence-corrected chi connectivity index (χ2v) is 6.64. The largest absolute Gasteiger partial charge is 0.332 e. The molecule has 0 fully saturated rings. The number of hydrogen-bond donors (Lipinski definition) is 2. The molecule has 0 unspecified atom stereocenters. The number of pyridine rings is 1. The Bertz CT molecular complexity index is 609. The van der Waals surface area contributed by atoms with Crippen LogP contribution in [0.3, 0.4) is 0 Å². The summed E-state index contributed by atoms with van der Waals surface area (Å²) in [4.78, 5) is 18.8. The van der Waals surface area contributed by atoms with E-state index in [0.29, 0.717) is 0 Å². The summed E-state index contributed by atoms with van der Waals surface area (Å²) < 4.78 is 0. The van der Waals surface area contributed by atoms with E-state index in [1.807, 2.05) is 32.0 Å². The van der Waals surface area contributed by atoms with Crippen molar-refractivity contribution in [1.29, 1.82) is 0 Å². The fourth-order valence-corrected chi connectivity index (χ4v) is 3.32. The maximum absolute atomic E-state index is 12.1. The molecule has 0 saturated carbocycles. The van der Waals surface area contributed by atoms with Crippen molar-refractivity contribution in [3.63, 3.8) is 0 Å². The Kier molecular flexibility index (Phi) is 4.96. The molecule has 0 aliphatic rings. The normalized spacial score (nSPS) is 13.5. The summed E-state index contributed by atoms with van der Waals surface area (Å²) in [6.07, 6.45) is 1.73. The number of carbonyl (C=O) groups is 1. The topological polar surface area (TPSA) is 54.0 Å². The van der Waals surface area contributed by atoms with Crippen molar-refractivity contribution in [2.45, 2.75) is 39.8 Å². The molecule has 0 aliphatic heterocycles. The smallest absolute Gasteiger partial charge is 0.315 e. The average Bonchev–Trinajstić information content (AvgIpc) is 2.78. The first-order valence-corrected chi connectivity index (χ1v) is 7.84. The molecule has 0 saturated heterocycles. The zero-order valence-corrected chi connectivity index (χ0v) is 13.6. The molecular formula is C16H21N3OS. The molecule has 2 amide bonds. The van der Waals surface area contributed by atoms with Gasteiger partial charge in [-0.3, -0.25) is 4.98 Å². The average molecular weight is 303 g/mol. The van der Waals surface area contributed by atoms with Crippen LogP contribution in [0.2, 0.25) is 0 Å². The number of aromatic nitrogens is 1. The molecule has 5 heteroatoms. The molecule has 0 aromatic carbocycles. The zero-order chi connectivity index (χ0) is 15.4. The SMILES string of the molecule is Cc1cc([C@H](C)NC(=O)N[C@H](C)c2ccccn2)c(C)s1. The second kappa shape index (κ2) is 6.72. The van der Waals surface area contributed by atoms with Gasteiger partial charge in [0.25, 0.3) is 0 Å². The van der Waals surface area contributed by atoms with Crippen LogP contribution in [0.5, 0.6) is 0 Å². The minimum Gasteiger partial charge on any atom is -0.332 e. The molecule has 2 atom stereocenters. The quantitative estimate of drug-likeness (QED) is 0.900. The highest BCUT2D eigenvalue weighted by molar-refractivity contribution is 7.12. The van der Waals surface area contributed by atoms with E-state index in [4.69, 9.17) is 0 Å². The van der Waals surface area contributed by atoms with E-state index in [-0.39, 0.29) is 18.1 Å². The van der Waals surface area contributed by atoms with Crippen LogP contribution in [0.1, 0.15) is 46.9 Å². The van der Waals surface area contributed by atoms with E-state index in [1.54, 1.807) is 17.5 Å². The number of thiophene rings is 1. The molecule has 0 spiro atoms. The van der Waals surface area contributed by atoms with E-state index < -0.39 is 0 Å². The Morgan fingerprint density at radius 2 is 1.90 bits per heavy atom. The number of urea groups is 1. The Morgan fingerprint density at radius 3 is 2.48 bits per heavy atom. The molecule has 2 rings (SSSR count). The van der Waals surface area contributed by atoms with Crippen LogP contribution in [0.4, 0.5) is 4.79 Å². The van der Waals surface area contributed by atoms with Crippen LogP contribution in [-0.2, 0) is 0 Å². The summed E-state index contributed by atoms with van der Waals surface area (Å²) in [7, 11) is 0. The maximum Gasteiger partial charge on any atom is 0.315 e. The summed E-state index contributed by atoms with van der Waals surface area (Å²) in [5, 5.41) is 5.89. The summed E-state index contributed by atoms with van der Waals surface area (Å²) >= 11 is 1.75. The summed E-state index contributed by atoms with van der Waals surface area (Å²) in [6, 6.07) is 7.51. The van der Waals surface area contributed by atoms with Crippen molar-refractivity contribution >= 4 is 17.4 Å². The van der Waals surface area contributed by atoms with Gasteiger partial charge in [-0.05, 0) is 51.5 Å². The van der Waals surface area contributed by atoms with E-state index in [0.717, 1.165) is 5.69 Å². The van der Waals surface area contributed by atoms with Crippen LogP contribution in [0.15, 0.2) is 30.5 Å². The maximum atomic E-state index is 12.1. The Labute approximate surface area is 129 Å². The highest BCUT2D eigenvalue weighted by Gasteiger charge is 2.15. The predicted molar refractivity (Wildman–Crippen MR) is 86.5 cm³/mol. The lowest BCUT2D eigenvalue weighted by atomic mass is 10.1. The van der Waals surface area contributed by atoms with Crippen molar-refractivity contribution in [3.8, 4) is 0 Å². The van der Waals surface area contributed by atoms with Crippen molar-refractivity contribution < 1.29 is 4.79 Å². The standard InChI is InChI=1S/C16H21N3OS/c1-10-9-14(13(4)21-10)11(2)18-16(20)19-12(3)15-7-5-6-8-17-15/h5-9,11-12H,1-4H3,(H2,18,19,20)/t11-,12+/m0/s1. The molecule has 112 valence electrons. The van der Waals surface area contributed by atoms with Crippen molar-refractivity contribution in [2.24, 2.45) is 0 Å². The first kappa shape index (κ1) is 15.5. The van der Waals surface area contributed by atoms with Gasteiger partial charge in [0, 0.05) is 16.0 Å². The van der Waals surface area contributed by atoms with Crippen LogP contribution in [0, 0.1) is 13.8 Å². The molecule has 21 heavy (non-hydrogen) atoms. The number of rotatable bonds is 4. The lowest BCUT2D eigenvalue weighted by Crippen LogP contribution is -2.38. The number of aryl methyl sites for hydroxylation is 2. The first-order valence-electron chi connectivity index (χ1n) is 7.02.